The molecule has 0 bridgehead atoms. The maximum atomic E-state index is 12.9. The van der Waals surface area contributed by atoms with Crippen LogP contribution in [0.5, 0.6) is 0 Å². The van der Waals surface area contributed by atoms with Gasteiger partial charge in [0, 0.05) is 22.5 Å². The number of carbonyl (C=O) groups excluding carboxylic acids is 1. The number of rotatable bonds is 3. The Kier molecular flexibility index (Phi) is 3.44. The molecule has 0 saturated carbocycles. The first-order valence-electron chi connectivity index (χ1n) is 7.03. The Morgan fingerprint density at radius 1 is 0.810 bits per heavy atom. The average Bonchev–Trinajstić information content (AvgIpc) is 2.82. The Hall–Kier alpha value is -2.61. The molecule has 3 aromatic rings. The lowest BCUT2D eigenvalue weighted by Gasteiger charge is -2.06. The summed E-state index contributed by atoms with van der Waals surface area (Å²) in [6.07, 6.45) is 0. The van der Waals surface area contributed by atoms with Crippen molar-refractivity contribution in [2.45, 2.75) is 13.8 Å². The third-order valence-corrected chi connectivity index (χ3v) is 3.70. The molecule has 0 saturated heterocycles. The summed E-state index contributed by atoms with van der Waals surface area (Å²) in [5.41, 5.74) is 5.50. The summed E-state index contributed by atoms with van der Waals surface area (Å²) < 4.78 is 0. The molecule has 0 aliphatic heterocycles. The third-order valence-electron chi connectivity index (χ3n) is 3.70. The van der Waals surface area contributed by atoms with E-state index in [4.69, 9.17) is 0 Å². The predicted molar refractivity (Wildman–Crippen MR) is 85.6 cm³/mol. The molecule has 2 nitrogen and oxygen atoms in total. The lowest BCUT2D eigenvalue weighted by Crippen LogP contribution is -2.03. The Labute approximate surface area is 124 Å². The summed E-state index contributed by atoms with van der Waals surface area (Å²) in [4.78, 5) is 16.2. The van der Waals surface area contributed by atoms with Crippen LogP contribution in [0.1, 0.15) is 27.3 Å². The molecule has 2 aromatic carbocycles. The zero-order valence-electron chi connectivity index (χ0n) is 12.2. The van der Waals surface area contributed by atoms with Gasteiger partial charge in [0.15, 0.2) is 5.78 Å². The standard InChI is InChI=1S/C19H17NO/c1-13-17(15-9-5-3-6-10-15)18(14(2)20-13)19(21)16-11-7-4-8-12-16/h3-12,20H,1-2H3. The lowest BCUT2D eigenvalue weighted by molar-refractivity contribution is 0.103. The molecular weight excluding hydrogens is 258 g/mol. The molecule has 1 aromatic heterocycles. The first-order valence-corrected chi connectivity index (χ1v) is 7.03. The van der Waals surface area contributed by atoms with Gasteiger partial charge in [0.25, 0.3) is 0 Å². The number of hydrogen-bond donors (Lipinski definition) is 1. The van der Waals surface area contributed by atoms with E-state index in [2.05, 4.69) is 4.98 Å². The van der Waals surface area contributed by atoms with Crippen LogP contribution in [0.2, 0.25) is 0 Å². The van der Waals surface area contributed by atoms with Crippen molar-refractivity contribution in [1.29, 1.82) is 0 Å². The van der Waals surface area contributed by atoms with E-state index in [1.54, 1.807) is 0 Å². The van der Waals surface area contributed by atoms with Gasteiger partial charge in [0.05, 0.1) is 5.56 Å². The minimum atomic E-state index is 0.0660. The molecule has 2 heteroatoms. The van der Waals surface area contributed by atoms with Gasteiger partial charge in [-0.15, -0.1) is 0 Å². The molecule has 0 atom stereocenters. The second-order valence-corrected chi connectivity index (χ2v) is 5.19. The molecule has 0 radical (unpaired) electrons. The number of hydrogen-bond acceptors (Lipinski definition) is 1. The van der Waals surface area contributed by atoms with Gasteiger partial charge in [-0.05, 0) is 19.4 Å². The molecular formula is C19H17NO. The number of nitrogens with one attached hydrogen (secondary N) is 1. The van der Waals surface area contributed by atoms with Crippen molar-refractivity contribution in [2.75, 3.05) is 0 Å². The monoisotopic (exact) mass is 275 g/mol. The summed E-state index contributed by atoms with van der Waals surface area (Å²) in [5, 5.41) is 0. The Morgan fingerprint density at radius 3 is 2.00 bits per heavy atom. The van der Waals surface area contributed by atoms with Crippen molar-refractivity contribution in [1.82, 2.24) is 4.98 Å². The minimum absolute atomic E-state index is 0.0660. The van der Waals surface area contributed by atoms with Crippen LogP contribution in [-0.2, 0) is 0 Å². The topological polar surface area (TPSA) is 32.9 Å². The summed E-state index contributed by atoms with van der Waals surface area (Å²) in [6, 6.07) is 19.5. The van der Waals surface area contributed by atoms with Crippen molar-refractivity contribution in [3.05, 3.63) is 83.2 Å². The van der Waals surface area contributed by atoms with Crippen molar-refractivity contribution in [3.63, 3.8) is 0 Å². The molecule has 21 heavy (non-hydrogen) atoms. The Morgan fingerprint density at radius 2 is 1.38 bits per heavy atom. The molecule has 0 amide bonds. The van der Waals surface area contributed by atoms with Crippen LogP contribution < -0.4 is 0 Å². The Balaban J connectivity index is 2.18. The van der Waals surface area contributed by atoms with Gasteiger partial charge in [-0.1, -0.05) is 60.7 Å². The van der Waals surface area contributed by atoms with E-state index in [1.165, 1.54) is 0 Å². The molecule has 104 valence electrons. The van der Waals surface area contributed by atoms with Crippen LogP contribution in [0.3, 0.4) is 0 Å². The highest BCUT2D eigenvalue weighted by Crippen LogP contribution is 2.31. The molecule has 0 aliphatic carbocycles. The van der Waals surface area contributed by atoms with E-state index in [9.17, 15) is 4.79 Å². The Bertz CT molecular complexity index is 770. The minimum Gasteiger partial charge on any atom is -0.362 e. The van der Waals surface area contributed by atoms with Gasteiger partial charge in [-0.2, -0.15) is 0 Å². The fraction of sp³-hybridized carbons (Fsp3) is 0.105. The number of benzene rings is 2. The zero-order valence-corrected chi connectivity index (χ0v) is 12.2. The average molecular weight is 275 g/mol. The number of carbonyl (C=O) groups is 1. The van der Waals surface area contributed by atoms with Gasteiger partial charge in [-0.25, -0.2) is 0 Å². The van der Waals surface area contributed by atoms with Crippen molar-refractivity contribution < 1.29 is 4.79 Å². The highest BCUT2D eigenvalue weighted by atomic mass is 16.1. The molecule has 1 N–H and O–H groups in total. The van der Waals surface area contributed by atoms with Crippen LogP contribution in [0.15, 0.2) is 60.7 Å². The maximum absolute atomic E-state index is 12.9. The van der Waals surface area contributed by atoms with Gasteiger partial charge in [0.2, 0.25) is 0 Å². The number of H-pyrrole nitrogens is 1. The summed E-state index contributed by atoms with van der Waals surface area (Å²) >= 11 is 0. The van der Waals surface area contributed by atoms with E-state index in [-0.39, 0.29) is 5.78 Å². The highest BCUT2D eigenvalue weighted by molar-refractivity contribution is 6.14. The zero-order chi connectivity index (χ0) is 14.8. The maximum Gasteiger partial charge on any atom is 0.195 e. The molecule has 0 unspecified atom stereocenters. The van der Waals surface area contributed by atoms with Gasteiger partial charge in [-0.3, -0.25) is 4.79 Å². The second kappa shape index (κ2) is 5.41. The smallest absolute Gasteiger partial charge is 0.195 e. The largest absolute Gasteiger partial charge is 0.362 e. The van der Waals surface area contributed by atoms with Crippen LogP contribution in [0.25, 0.3) is 11.1 Å². The number of aromatic amines is 1. The lowest BCUT2D eigenvalue weighted by atomic mass is 9.94. The van der Waals surface area contributed by atoms with Crippen molar-refractivity contribution in [2.24, 2.45) is 0 Å². The molecule has 1 heterocycles. The molecule has 3 rings (SSSR count). The van der Waals surface area contributed by atoms with Gasteiger partial charge < -0.3 is 4.98 Å². The second-order valence-electron chi connectivity index (χ2n) is 5.19. The van der Waals surface area contributed by atoms with E-state index in [0.29, 0.717) is 0 Å². The van der Waals surface area contributed by atoms with Crippen LogP contribution in [-0.4, -0.2) is 10.8 Å². The van der Waals surface area contributed by atoms with Crippen LogP contribution in [0, 0.1) is 13.8 Å². The van der Waals surface area contributed by atoms with Crippen LogP contribution in [0.4, 0.5) is 0 Å². The van der Waals surface area contributed by atoms with E-state index < -0.39 is 0 Å². The molecule has 0 aliphatic rings. The SMILES string of the molecule is Cc1[nH]c(C)c(-c2ccccc2)c1C(=O)c1ccccc1. The van der Waals surface area contributed by atoms with Gasteiger partial charge in [0.1, 0.15) is 0 Å². The summed E-state index contributed by atoms with van der Waals surface area (Å²) in [7, 11) is 0. The van der Waals surface area contributed by atoms with Crippen molar-refractivity contribution >= 4 is 5.78 Å². The highest BCUT2D eigenvalue weighted by Gasteiger charge is 2.21. The normalized spacial score (nSPS) is 10.6. The number of aromatic nitrogens is 1. The van der Waals surface area contributed by atoms with E-state index in [0.717, 1.165) is 33.6 Å². The summed E-state index contributed by atoms with van der Waals surface area (Å²) in [5.74, 6) is 0.0660. The summed E-state index contributed by atoms with van der Waals surface area (Å²) in [6.45, 7) is 3.96. The molecule has 0 spiro atoms. The first-order chi connectivity index (χ1) is 10.2. The fourth-order valence-corrected chi connectivity index (χ4v) is 2.76. The van der Waals surface area contributed by atoms with Gasteiger partial charge >= 0.3 is 0 Å². The predicted octanol–water partition coefficient (Wildman–Crippen LogP) is 4.53. The van der Waals surface area contributed by atoms with Crippen molar-refractivity contribution in [3.8, 4) is 11.1 Å². The quantitative estimate of drug-likeness (QED) is 0.700. The van der Waals surface area contributed by atoms with Crippen LogP contribution >= 0.6 is 0 Å². The first kappa shape index (κ1) is 13.4. The number of aryl methyl sites for hydroxylation is 2. The van der Waals surface area contributed by atoms with E-state index >= 15 is 0 Å². The molecule has 0 fully saturated rings. The fourth-order valence-electron chi connectivity index (χ4n) is 2.76. The van der Waals surface area contributed by atoms with E-state index in [1.807, 2.05) is 74.5 Å². The number of ketones is 1. The third kappa shape index (κ3) is 2.40.